The Morgan fingerprint density at radius 3 is 2.61 bits per heavy atom. The van der Waals surface area contributed by atoms with Gasteiger partial charge in [0.2, 0.25) is 11.8 Å². The summed E-state index contributed by atoms with van der Waals surface area (Å²) in [6.45, 7) is 5.85. The summed E-state index contributed by atoms with van der Waals surface area (Å²) in [6.07, 6.45) is 0. The summed E-state index contributed by atoms with van der Waals surface area (Å²) in [5, 5.41) is 3.20. The molecule has 2 amide bonds. The van der Waals surface area contributed by atoms with E-state index in [0.717, 1.165) is 0 Å². The minimum atomic E-state index is -0.486. The Balaban J connectivity index is 2.76. The van der Waals surface area contributed by atoms with Crippen LogP contribution in [0.1, 0.15) is 29.8 Å². The minimum absolute atomic E-state index is 0.0709. The number of benzene rings is 1. The average molecular weight is 266 g/mol. The van der Waals surface area contributed by atoms with Crippen molar-refractivity contribution in [2.24, 2.45) is 5.73 Å². The molecule has 1 aromatic carbocycles. The highest BCUT2D eigenvalue weighted by atomic mass is 32.2. The molecule has 0 aliphatic heterocycles. The number of hydrogen-bond donors (Lipinski definition) is 2. The zero-order valence-corrected chi connectivity index (χ0v) is 11.6. The van der Waals surface area contributed by atoms with Crippen LogP contribution in [0.15, 0.2) is 18.2 Å². The van der Waals surface area contributed by atoms with Crippen molar-refractivity contribution < 1.29 is 9.59 Å². The van der Waals surface area contributed by atoms with Crippen LogP contribution in [0.5, 0.6) is 0 Å². The third kappa shape index (κ3) is 4.07. The molecule has 0 saturated heterocycles. The Kier molecular flexibility index (Phi) is 5.22. The molecule has 0 spiro atoms. The van der Waals surface area contributed by atoms with E-state index < -0.39 is 5.91 Å². The number of carbonyl (C=O) groups excluding carboxylic acids is 2. The van der Waals surface area contributed by atoms with Gasteiger partial charge in [-0.2, -0.15) is 0 Å². The molecule has 98 valence electrons. The van der Waals surface area contributed by atoms with E-state index in [4.69, 9.17) is 5.73 Å². The van der Waals surface area contributed by atoms with Gasteiger partial charge in [0.1, 0.15) is 0 Å². The van der Waals surface area contributed by atoms with E-state index in [0.29, 0.717) is 27.8 Å². The van der Waals surface area contributed by atoms with Crippen molar-refractivity contribution in [3.05, 3.63) is 29.3 Å². The molecule has 0 saturated carbocycles. The first-order valence-corrected chi connectivity index (χ1v) is 6.77. The quantitative estimate of drug-likeness (QED) is 0.858. The number of nitrogens with two attached hydrogens (primary N) is 1. The Bertz CT molecular complexity index is 458. The maximum atomic E-state index is 11.7. The lowest BCUT2D eigenvalue weighted by Crippen LogP contribution is -2.18. The van der Waals surface area contributed by atoms with Crippen LogP contribution in [-0.4, -0.2) is 22.8 Å². The van der Waals surface area contributed by atoms with Crippen molar-refractivity contribution in [1.29, 1.82) is 0 Å². The van der Waals surface area contributed by atoms with Crippen LogP contribution in [0.25, 0.3) is 0 Å². The SMILES string of the molecule is Cc1c(NC(=O)CSC(C)C)cccc1C(N)=O. The highest BCUT2D eigenvalue weighted by molar-refractivity contribution is 8.00. The molecule has 18 heavy (non-hydrogen) atoms. The summed E-state index contributed by atoms with van der Waals surface area (Å²) < 4.78 is 0. The first-order chi connectivity index (χ1) is 8.41. The molecule has 0 radical (unpaired) electrons. The number of hydrogen-bond acceptors (Lipinski definition) is 3. The molecule has 0 aliphatic carbocycles. The van der Waals surface area contributed by atoms with E-state index in [1.807, 2.05) is 13.8 Å². The largest absolute Gasteiger partial charge is 0.366 e. The van der Waals surface area contributed by atoms with Gasteiger partial charge in [0.25, 0.3) is 0 Å². The Morgan fingerprint density at radius 1 is 1.39 bits per heavy atom. The van der Waals surface area contributed by atoms with Gasteiger partial charge < -0.3 is 11.1 Å². The monoisotopic (exact) mass is 266 g/mol. The predicted octanol–water partition coefficient (Wildman–Crippen LogP) is 2.17. The number of primary amides is 1. The topological polar surface area (TPSA) is 72.2 Å². The van der Waals surface area contributed by atoms with Crippen LogP contribution in [0.4, 0.5) is 5.69 Å². The second-order valence-electron chi connectivity index (χ2n) is 4.25. The molecule has 0 aliphatic rings. The third-order valence-corrected chi connectivity index (χ3v) is 3.52. The number of thioether (sulfide) groups is 1. The van der Waals surface area contributed by atoms with Crippen LogP contribution in [0, 0.1) is 6.92 Å². The first-order valence-electron chi connectivity index (χ1n) is 5.72. The smallest absolute Gasteiger partial charge is 0.249 e. The Hall–Kier alpha value is -1.49. The maximum Gasteiger partial charge on any atom is 0.249 e. The van der Waals surface area contributed by atoms with Gasteiger partial charge in [-0.15, -0.1) is 11.8 Å². The standard InChI is InChI=1S/C13H18N2O2S/c1-8(2)18-7-12(16)15-11-6-4-5-10(9(11)3)13(14)17/h4-6,8H,7H2,1-3H3,(H2,14,17)(H,15,16). The number of rotatable bonds is 5. The van der Waals surface area contributed by atoms with Crippen LogP contribution in [-0.2, 0) is 4.79 Å². The second-order valence-corrected chi connectivity index (χ2v) is 5.82. The van der Waals surface area contributed by atoms with E-state index in [9.17, 15) is 9.59 Å². The van der Waals surface area contributed by atoms with Gasteiger partial charge in [0.15, 0.2) is 0 Å². The van der Waals surface area contributed by atoms with Crippen molar-refractivity contribution in [3.8, 4) is 0 Å². The zero-order chi connectivity index (χ0) is 13.7. The van der Waals surface area contributed by atoms with Crippen molar-refractivity contribution >= 4 is 29.3 Å². The normalized spacial score (nSPS) is 10.4. The van der Waals surface area contributed by atoms with Crippen molar-refractivity contribution in [3.63, 3.8) is 0 Å². The van der Waals surface area contributed by atoms with Gasteiger partial charge >= 0.3 is 0 Å². The maximum absolute atomic E-state index is 11.7. The predicted molar refractivity (Wildman–Crippen MR) is 75.9 cm³/mol. The molecule has 0 fully saturated rings. The van der Waals surface area contributed by atoms with E-state index in [1.54, 1.807) is 36.9 Å². The van der Waals surface area contributed by atoms with Crippen LogP contribution in [0.3, 0.4) is 0 Å². The molecule has 1 aromatic rings. The number of nitrogens with one attached hydrogen (secondary N) is 1. The summed E-state index contributed by atoms with van der Waals surface area (Å²) in [7, 11) is 0. The molecule has 4 nitrogen and oxygen atoms in total. The molecule has 0 aromatic heterocycles. The van der Waals surface area contributed by atoms with Gasteiger partial charge in [0.05, 0.1) is 5.75 Å². The van der Waals surface area contributed by atoms with Gasteiger partial charge in [-0.05, 0) is 29.9 Å². The zero-order valence-electron chi connectivity index (χ0n) is 10.8. The minimum Gasteiger partial charge on any atom is -0.366 e. The molecular formula is C13H18N2O2S. The molecule has 3 N–H and O–H groups in total. The summed E-state index contributed by atoms with van der Waals surface area (Å²) in [5.41, 5.74) is 7.03. The van der Waals surface area contributed by atoms with Gasteiger partial charge in [-0.1, -0.05) is 19.9 Å². The lowest BCUT2D eigenvalue weighted by atomic mass is 10.1. The average Bonchev–Trinajstić information content (AvgIpc) is 2.29. The lowest BCUT2D eigenvalue weighted by Gasteiger charge is -2.11. The molecule has 0 atom stereocenters. The third-order valence-electron chi connectivity index (χ3n) is 2.42. The van der Waals surface area contributed by atoms with E-state index in [2.05, 4.69) is 5.32 Å². The van der Waals surface area contributed by atoms with E-state index in [1.165, 1.54) is 0 Å². The highest BCUT2D eigenvalue weighted by Gasteiger charge is 2.11. The summed E-state index contributed by atoms with van der Waals surface area (Å²) in [4.78, 5) is 22.9. The fourth-order valence-corrected chi connectivity index (χ4v) is 2.02. The number of carbonyl (C=O) groups is 2. The van der Waals surface area contributed by atoms with Crippen LogP contribution >= 0.6 is 11.8 Å². The fraction of sp³-hybridized carbons (Fsp3) is 0.385. The van der Waals surface area contributed by atoms with E-state index >= 15 is 0 Å². The van der Waals surface area contributed by atoms with Gasteiger partial charge in [0, 0.05) is 11.3 Å². The number of amides is 2. The summed E-state index contributed by atoms with van der Waals surface area (Å²) in [5.74, 6) is -0.156. The van der Waals surface area contributed by atoms with Gasteiger partial charge in [-0.3, -0.25) is 9.59 Å². The first kappa shape index (κ1) is 14.6. The molecule has 5 heteroatoms. The van der Waals surface area contributed by atoms with Crippen LogP contribution < -0.4 is 11.1 Å². The molecule has 0 bridgehead atoms. The summed E-state index contributed by atoms with van der Waals surface area (Å²) >= 11 is 1.57. The second kappa shape index (κ2) is 6.44. The lowest BCUT2D eigenvalue weighted by molar-refractivity contribution is -0.113. The van der Waals surface area contributed by atoms with Gasteiger partial charge in [-0.25, -0.2) is 0 Å². The van der Waals surface area contributed by atoms with Crippen molar-refractivity contribution in [2.45, 2.75) is 26.0 Å². The molecule has 1 rings (SSSR count). The Morgan fingerprint density at radius 2 is 2.06 bits per heavy atom. The highest BCUT2D eigenvalue weighted by Crippen LogP contribution is 2.19. The fourth-order valence-electron chi connectivity index (χ4n) is 1.47. The number of anilines is 1. The molecular weight excluding hydrogens is 248 g/mol. The molecule has 0 unspecified atom stereocenters. The van der Waals surface area contributed by atoms with Crippen molar-refractivity contribution in [2.75, 3.05) is 11.1 Å². The van der Waals surface area contributed by atoms with Crippen molar-refractivity contribution in [1.82, 2.24) is 0 Å². The Labute approximate surface area is 111 Å². The summed E-state index contributed by atoms with van der Waals surface area (Å²) in [6, 6.07) is 5.12. The molecule has 0 heterocycles. The van der Waals surface area contributed by atoms with Crippen LogP contribution in [0.2, 0.25) is 0 Å². The van der Waals surface area contributed by atoms with E-state index in [-0.39, 0.29) is 5.91 Å².